The standard InChI is InChI=1S/C34H38Cl3NO4/c1-33(2)15-25-31(27(39)17-33)30(32-26(38(25)11-6-12-41-5)16-34(3,4)18-28(32)40)20-8-10-29(24(37)13-20)42-19-21-7-9-22(35)14-23(21)36/h7-10,13-14,30H,6,11-12,15-19H2,1-5H3. The molecule has 8 heteroatoms. The molecule has 224 valence electrons. The first-order valence-corrected chi connectivity index (χ1v) is 15.6. The molecule has 0 amide bonds. The van der Waals surface area contributed by atoms with E-state index in [0.717, 1.165) is 52.9 Å². The second kappa shape index (κ2) is 12.0. The fourth-order valence-corrected chi connectivity index (χ4v) is 7.33. The van der Waals surface area contributed by atoms with Crippen molar-refractivity contribution in [2.45, 2.75) is 72.3 Å². The second-order valence-electron chi connectivity index (χ2n) is 13.2. The first-order valence-electron chi connectivity index (χ1n) is 14.5. The summed E-state index contributed by atoms with van der Waals surface area (Å²) in [6.07, 6.45) is 3.20. The van der Waals surface area contributed by atoms with Gasteiger partial charge in [0.15, 0.2) is 11.6 Å². The maximum atomic E-state index is 14.0. The van der Waals surface area contributed by atoms with E-state index in [0.29, 0.717) is 46.8 Å². The predicted octanol–water partition coefficient (Wildman–Crippen LogP) is 8.95. The van der Waals surface area contributed by atoms with Crippen LogP contribution in [-0.4, -0.2) is 36.7 Å². The van der Waals surface area contributed by atoms with Crippen molar-refractivity contribution in [1.82, 2.24) is 4.90 Å². The largest absolute Gasteiger partial charge is 0.487 e. The number of Topliss-reactive ketones (excluding diaryl/α,β-unsaturated/α-hetero) is 2. The first kappa shape index (κ1) is 31.1. The lowest BCUT2D eigenvalue weighted by atomic mass is 9.63. The molecule has 3 aliphatic rings. The van der Waals surface area contributed by atoms with E-state index in [1.807, 2.05) is 24.3 Å². The fourth-order valence-electron chi connectivity index (χ4n) is 6.63. The monoisotopic (exact) mass is 629 g/mol. The Kier molecular flexibility index (Phi) is 8.89. The predicted molar refractivity (Wildman–Crippen MR) is 168 cm³/mol. The van der Waals surface area contributed by atoms with Crippen molar-refractivity contribution in [1.29, 1.82) is 0 Å². The molecule has 2 aromatic carbocycles. The zero-order valence-corrected chi connectivity index (χ0v) is 27.2. The number of nitrogens with zero attached hydrogens (tertiary/aromatic N) is 1. The van der Waals surface area contributed by atoms with Crippen molar-refractivity contribution in [3.63, 3.8) is 0 Å². The Balaban J connectivity index is 1.58. The normalized spacial score (nSPS) is 20.1. The molecule has 0 bridgehead atoms. The maximum absolute atomic E-state index is 14.0. The topological polar surface area (TPSA) is 55.8 Å². The third-order valence-electron chi connectivity index (χ3n) is 8.44. The van der Waals surface area contributed by atoms with Gasteiger partial charge in [-0.1, -0.05) is 74.6 Å². The van der Waals surface area contributed by atoms with E-state index in [1.165, 1.54) is 0 Å². The smallest absolute Gasteiger partial charge is 0.162 e. The van der Waals surface area contributed by atoms with E-state index in [4.69, 9.17) is 44.3 Å². The van der Waals surface area contributed by atoms with Gasteiger partial charge in [-0.2, -0.15) is 0 Å². The maximum Gasteiger partial charge on any atom is 0.162 e. The molecule has 1 aliphatic heterocycles. The molecule has 0 fully saturated rings. The highest BCUT2D eigenvalue weighted by Gasteiger charge is 2.48. The number of rotatable bonds is 8. The number of ketones is 2. The van der Waals surface area contributed by atoms with Crippen LogP contribution in [0.1, 0.15) is 76.8 Å². The Morgan fingerprint density at radius 2 is 1.45 bits per heavy atom. The molecule has 0 atom stereocenters. The number of methoxy groups -OCH3 is 1. The average molecular weight is 631 g/mol. The van der Waals surface area contributed by atoms with Crippen molar-refractivity contribution < 1.29 is 19.1 Å². The number of benzene rings is 2. The Hall–Kier alpha value is -2.31. The molecule has 5 rings (SSSR count). The number of carbonyl (C=O) groups is 2. The molecule has 0 N–H and O–H groups in total. The molecule has 0 aromatic heterocycles. The van der Waals surface area contributed by atoms with Crippen molar-refractivity contribution in [2.24, 2.45) is 10.8 Å². The molecule has 0 radical (unpaired) electrons. The highest BCUT2D eigenvalue weighted by atomic mass is 35.5. The Labute approximate surface area is 263 Å². The van der Waals surface area contributed by atoms with Crippen LogP contribution in [0, 0.1) is 10.8 Å². The molecule has 0 saturated carbocycles. The highest BCUT2D eigenvalue weighted by Crippen LogP contribution is 2.54. The van der Waals surface area contributed by atoms with Gasteiger partial charge in [-0.25, -0.2) is 0 Å². The summed E-state index contributed by atoms with van der Waals surface area (Å²) >= 11 is 19.2. The number of hydrogen-bond donors (Lipinski definition) is 0. The van der Waals surface area contributed by atoms with Gasteiger partial charge in [0.2, 0.25) is 0 Å². The van der Waals surface area contributed by atoms with Crippen LogP contribution < -0.4 is 4.74 Å². The number of allylic oxidation sites excluding steroid dienone is 4. The molecule has 2 aromatic rings. The molecule has 42 heavy (non-hydrogen) atoms. The number of ether oxygens (including phenoxy) is 2. The highest BCUT2D eigenvalue weighted by molar-refractivity contribution is 6.35. The zero-order chi connectivity index (χ0) is 30.4. The number of hydrogen-bond acceptors (Lipinski definition) is 5. The minimum atomic E-state index is -0.460. The van der Waals surface area contributed by atoms with E-state index in [2.05, 4.69) is 32.6 Å². The van der Waals surface area contributed by atoms with Gasteiger partial charge in [0, 0.05) is 77.2 Å². The summed E-state index contributed by atoms with van der Waals surface area (Å²) in [6.45, 7) is 10.1. The summed E-state index contributed by atoms with van der Waals surface area (Å²) < 4.78 is 11.4. The average Bonchev–Trinajstić information content (AvgIpc) is 2.88. The van der Waals surface area contributed by atoms with Crippen LogP contribution >= 0.6 is 34.8 Å². The summed E-state index contributed by atoms with van der Waals surface area (Å²) in [6, 6.07) is 10.9. The number of carbonyl (C=O) groups excluding carboxylic acids is 2. The lowest BCUT2D eigenvalue weighted by Gasteiger charge is -2.49. The van der Waals surface area contributed by atoms with Gasteiger partial charge in [0.05, 0.1) is 5.02 Å². The lowest BCUT2D eigenvalue weighted by Crippen LogP contribution is -2.44. The van der Waals surface area contributed by atoms with Crippen molar-refractivity contribution >= 4 is 46.4 Å². The quantitative estimate of drug-likeness (QED) is 0.273. The minimum Gasteiger partial charge on any atom is -0.487 e. The van der Waals surface area contributed by atoms with Gasteiger partial charge in [0.25, 0.3) is 0 Å². The molecule has 0 unspecified atom stereocenters. The van der Waals surface area contributed by atoms with Gasteiger partial charge in [-0.3, -0.25) is 9.59 Å². The van der Waals surface area contributed by atoms with Crippen molar-refractivity contribution in [3.05, 3.63) is 85.1 Å². The van der Waals surface area contributed by atoms with Crippen LogP contribution in [0.25, 0.3) is 0 Å². The van der Waals surface area contributed by atoms with E-state index < -0.39 is 5.92 Å². The Bertz CT molecular complexity index is 1440. The zero-order valence-electron chi connectivity index (χ0n) is 24.9. The third-order valence-corrected chi connectivity index (χ3v) is 9.32. The van der Waals surface area contributed by atoms with Crippen LogP contribution in [0.4, 0.5) is 0 Å². The lowest BCUT2D eigenvalue weighted by molar-refractivity contribution is -0.119. The molecular formula is C34H38Cl3NO4. The first-order chi connectivity index (χ1) is 19.8. The van der Waals surface area contributed by atoms with Gasteiger partial charge in [-0.05, 0) is 59.9 Å². The summed E-state index contributed by atoms with van der Waals surface area (Å²) in [5, 5.41) is 1.49. The van der Waals surface area contributed by atoms with E-state index in [9.17, 15) is 9.59 Å². The number of halogens is 3. The van der Waals surface area contributed by atoms with Crippen LogP contribution in [0.5, 0.6) is 5.75 Å². The third kappa shape index (κ3) is 6.31. The van der Waals surface area contributed by atoms with Gasteiger partial charge in [-0.15, -0.1) is 0 Å². The van der Waals surface area contributed by atoms with Crippen LogP contribution in [-0.2, 0) is 20.9 Å². The summed E-state index contributed by atoms with van der Waals surface area (Å²) in [4.78, 5) is 30.2. The molecular weight excluding hydrogens is 593 g/mol. The summed E-state index contributed by atoms with van der Waals surface area (Å²) in [5.74, 6) is 0.235. The van der Waals surface area contributed by atoms with Gasteiger partial charge in [0.1, 0.15) is 12.4 Å². The van der Waals surface area contributed by atoms with Crippen LogP contribution in [0.15, 0.2) is 58.9 Å². The minimum absolute atomic E-state index is 0.0982. The van der Waals surface area contributed by atoms with Gasteiger partial charge < -0.3 is 14.4 Å². The van der Waals surface area contributed by atoms with Gasteiger partial charge >= 0.3 is 0 Å². The summed E-state index contributed by atoms with van der Waals surface area (Å²) in [5.41, 5.74) is 4.81. The second-order valence-corrected chi connectivity index (χ2v) is 14.5. The van der Waals surface area contributed by atoms with Crippen molar-refractivity contribution in [3.8, 4) is 5.75 Å². The molecule has 0 saturated heterocycles. The molecule has 5 nitrogen and oxygen atoms in total. The Morgan fingerprint density at radius 3 is 2.00 bits per heavy atom. The Morgan fingerprint density at radius 1 is 0.833 bits per heavy atom. The van der Waals surface area contributed by atoms with E-state index in [1.54, 1.807) is 19.2 Å². The van der Waals surface area contributed by atoms with E-state index >= 15 is 0 Å². The summed E-state index contributed by atoms with van der Waals surface area (Å²) in [7, 11) is 1.70. The van der Waals surface area contributed by atoms with Crippen molar-refractivity contribution in [2.75, 3.05) is 20.3 Å². The van der Waals surface area contributed by atoms with Crippen LogP contribution in [0.3, 0.4) is 0 Å². The molecule has 1 heterocycles. The fraction of sp³-hybridized carbons (Fsp3) is 0.471. The van der Waals surface area contributed by atoms with Crippen LogP contribution in [0.2, 0.25) is 15.1 Å². The SMILES string of the molecule is COCCCN1C2=C(C(=O)CC(C)(C)C2)C(c2ccc(OCc3ccc(Cl)cc3Cl)c(Cl)c2)C2=C1CC(C)(C)CC2=O. The molecule has 0 spiro atoms. The molecule has 2 aliphatic carbocycles. The van der Waals surface area contributed by atoms with E-state index in [-0.39, 0.29) is 29.0 Å².